The molecule has 0 amide bonds. The van der Waals surface area contributed by atoms with Gasteiger partial charge >= 0.3 is 0 Å². The van der Waals surface area contributed by atoms with Crippen molar-refractivity contribution in [1.29, 1.82) is 0 Å². The lowest BCUT2D eigenvalue weighted by atomic mass is 10.1. The fourth-order valence-electron chi connectivity index (χ4n) is 1.66. The number of piperidine rings is 1. The second-order valence-electron chi connectivity index (χ2n) is 3.69. The van der Waals surface area contributed by atoms with Crippen LogP contribution < -0.4 is 4.90 Å². The monoisotopic (exact) mass is 196 g/mol. The van der Waals surface area contributed by atoms with Crippen LogP contribution in [0.5, 0.6) is 0 Å². The lowest BCUT2D eigenvalue weighted by molar-refractivity contribution is 0.144. The van der Waals surface area contributed by atoms with E-state index in [2.05, 4.69) is 16.8 Å². The zero-order chi connectivity index (χ0) is 9.97. The molecule has 1 aliphatic heterocycles. The Morgan fingerprint density at radius 3 is 2.86 bits per heavy atom. The Hall–Kier alpha value is -1.03. The summed E-state index contributed by atoms with van der Waals surface area (Å²) >= 11 is 0. The summed E-state index contributed by atoms with van der Waals surface area (Å²) in [5, 5.41) is 9.35. The number of aliphatic hydroxyl groups is 1. The van der Waals surface area contributed by atoms with Gasteiger partial charge in [0.05, 0.1) is 11.8 Å². The molecule has 0 unspecified atom stereocenters. The number of aliphatic hydroxyl groups excluding tert-OH is 1. The van der Waals surface area contributed by atoms with Crippen molar-refractivity contribution in [2.24, 2.45) is 0 Å². The zero-order valence-corrected chi connectivity index (χ0v) is 8.44. The maximum atomic E-state index is 9.35. The summed E-state index contributed by atoms with van der Waals surface area (Å²) in [6.07, 6.45) is 4.08. The molecule has 1 N–H and O–H groups in total. The van der Waals surface area contributed by atoms with Gasteiger partial charge in [0.2, 0.25) is 0 Å². The molecular formula is C10H16N2O2. The molecule has 2 rings (SSSR count). The number of hydrogen-bond donors (Lipinski definition) is 1. The minimum atomic E-state index is -0.146. The highest BCUT2D eigenvalue weighted by Gasteiger charge is 2.20. The van der Waals surface area contributed by atoms with E-state index in [9.17, 15) is 5.11 Å². The van der Waals surface area contributed by atoms with Crippen LogP contribution in [0.1, 0.15) is 25.5 Å². The smallest absolute Gasteiger partial charge is 0.297 e. The Bertz CT molecular complexity index is 290. The van der Waals surface area contributed by atoms with E-state index in [4.69, 9.17) is 4.42 Å². The fourth-order valence-corrected chi connectivity index (χ4v) is 1.66. The van der Waals surface area contributed by atoms with E-state index in [1.807, 2.05) is 0 Å². The summed E-state index contributed by atoms with van der Waals surface area (Å²) < 4.78 is 5.36. The molecule has 0 aliphatic carbocycles. The summed E-state index contributed by atoms with van der Waals surface area (Å²) in [5.74, 6) is 0. The molecule has 0 saturated carbocycles. The van der Waals surface area contributed by atoms with Crippen molar-refractivity contribution in [2.75, 3.05) is 18.0 Å². The molecule has 0 atom stereocenters. The Kier molecular flexibility index (Phi) is 2.72. The van der Waals surface area contributed by atoms with Crippen molar-refractivity contribution in [3.8, 4) is 0 Å². The summed E-state index contributed by atoms with van der Waals surface area (Å²) in [6.45, 7) is 3.73. The van der Waals surface area contributed by atoms with Gasteiger partial charge in [-0.05, 0) is 19.3 Å². The summed E-state index contributed by atoms with van der Waals surface area (Å²) in [5.41, 5.74) is 0.992. The molecule has 0 spiro atoms. The average molecular weight is 196 g/mol. The molecule has 2 heterocycles. The highest BCUT2D eigenvalue weighted by Crippen LogP contribution is 2.19. The molecule has 14 heavy (non-hydrogen) atoms. The number of oxazole rings is 1. The number of anilines is 1. The van der Waals surface area contributed by atoms with Crippen LogP contribution in [0, 0.1) is 0 Å². The molecule has 1 aliphatic rings. The van der Waals surface area contributed by atoms with Gasteiger partial charge in [-0.1, -0.05) is 6.92 Å². The largest absolute Gasteiger partial charge is 0.432 e. The number of aryl methyl sites for hydroxylation is 1. The van der Waals surface area contributed by atoms with Crippen LogP contribution in [0.2, 0.25) is 0 Å². The first-order valence-corrected chi connectivity index (χ1v) is 5.17. The predicted molar refractivity (Wildman–Crippen MR) is 53.3 cm³/mol. The predicted octanol–water partition coefficient (Wildman–Crippen LogP) is 1.20. The molecule has 4 nitrogen and oxygen atoms in total. The Morgan fingerprint density at radius 1 is 1.57 bits per heavy atom. The van der Waals surface area contributed by atoms with E-state index in [1.165, 1.54) is 0 Å². The second-order valence-corrected chi connectivity index (χ2v) is 3.69. The first-order chi connectivity index (χ1) is 6.79. The Labute approximate surface area is 83.5 Å². The highest BCUT2D eigenvalue weighted by molar-refractivity contribution is 5.27. The Morgan fingerprint density at radius 2 is 2.29 bits per heavy atom. The van der Waals surface area contributed by atoms with Crippen molar-refractivity contribution in [3.05, 3.63) is 12.0 Å². The van der Waals surface area contributed by atoms with Gasteiger partial charge in [0.25, 0.3) is 6.01 Å². The molecule has 4 heteroatoms. The minimum Gasteiger partial charge on any atom is -0.432 e. The van der Waals surface area contributed by atoms with Gasteiger partial charge in [0.1, 0.15) is 6.26 Å². The third-order valence-electron chi connectivity index (χ3n) is 2.64. The van der Waals surface area contributed by atoms with Crippen molar-refractivity contribution < 1.29 is 9.52 Å². The molecular weight excluding hydrogens is 180 g/mol. The maximum absolute atomic E-state index is 9.35. The topological polar surface area (TPSA) is 49.5 Å². The van der Waals surface area contributed by atoms with E-state index in [0.717, 1.165) is 38.0 Å². The van der Waals surface area contributed by atoms with Crippen molar-refractivity contribution in [2.45, 2.75) is 32.3 Å². The van der Waals surface area contributed by atoms with Gasteiger partial charge in [0, 0.05) is 13.1 Å². The lowest BCUT2D eigenvalue weighted by Crippen LogP contribution is -2.35. The number of rotatable bonds is 2. The van der Waals surface area contributed by atoms with Crippen LogP contribution in [0.3, 0.4) is 0 Å². The third kappa shape index (κ3) is 1.90. The molecule has 1 saturated heterocycles. The number of nitrogens with zero attached hydrogens (tertiary/aromatic N) is 2. The zero-order valence-electron chi connectivity index (χ0n) is 8.44. The molecule has 1 aromatic heterocycles. The molecule has 0 radical (unpaired) electrons. The fraction of sp³-hybridized carbons (Fsp3) is 0.700. The van der Waals surface area contributed by atoms with Crippen LogP contribution in [-0.2, 0) is 6.42 Å². The third-order valence-corrected chi connectivity index (χ3v) is 2.64. The average Bonchev–Trinajstić information content (AvgIpc) is 2.67. The van der Waals surface area contributed by atoms with Crippen molar-refractivity contribution in [3.63, 3.8) is 0 Å². The Balaban J connectivity index is 2.01. The van der Waals surface area contributed by atoms with Crippen LogP contribution in [0.15, 0.2) is 10.7 Å². The second kappa shape index (κ2) is 4.00. The standard InChI is InChI=1S/C10H16N2O2/c1-2-8-7-14-10(11-8)12-5-3-9(13)4-6-12/h7,9,13H,2-6H2,1H3. The molecule has 1 aromatic rings. The van der Waals surface area contributed by atoms with Crippen molar-refractivity contribution >= 4 is 6.01 Å². The van der Waals surface area contributed by atoms with Crippen LogP contribution in [0.25, 0.3) is 0 Å². The van der Waals surface area contributed by atoms with E-state index in [0.29, 0.717) is 6.01 Å². The molecule has 78 valence electrons. The van der Waals surface area contributed by atoms with Crippen LogP contribution in [-0.4, -0.2) is 29.3 Å². The van der Waals surface area contributed by atoms with Gasteiger partial charge in [-0.2, -0.15) is 4.98 Å². The van der Waals surface area contributed by atoms with E-state index in [-0.39, 0.29) is 6.10 Å². The van der Waals surface area contributed by atoms with E-state index >= 15 is 0 Å². The van der Waals surface area contributed by atoms with E-state index < -0.39 is 0 Å². The normalized spacial score (nSPS) is 18.9. The maximum Gasteiger partial charge on any atom is 0.297 e. The van der Waals surface area contributed by atoms with Gasteiger partial charge in [-0.3, -0.25) is 0 Å². The quantitative estimate of drug-likeness (QED) is 0.772. The molecule has 0 aromatic carbocycles. The molecule has 0 bridgehead atoms. The highest BCUT2D eigenvalue weighted by atomic mass is 16.4. The number of hydrogen-bond acceptors (Lipinski definition) is 4. The minimum absolute atomic E-state index is 0.146. The van der Waals surface area contributed by atoms with Gasteiger partial charge in [0.15, 0.2) is 0 Å². The summed E-state index contributed by atoms with van der Waals surface area (Å²) in [7, 11) is 0. The van der Waals surface area contributed by atoms with Crippen molar-refractivity contribution in [1.82, 2.24) is 4.98 Å². The van der Waals surface area contributed by atoms with Gasteiger partial charge < -0.3 is 14.4 Å². The van der Waals surface area contributed by atoms with Crippen LogP contribution >= 0.6 is 0 Å². The van der Waals surface area contributed by atoms with Crippen LogP contribution in [0.4, 0.5) is 6.01 Å². The first-order valence-electron chi connectivity index (χ1n) is 5.17. The lowest BCUT2D eigenvalue weighted by Gasteiger charge is -2.27. The SMILES string of the molecule is CCc1coc(N2CCC(O)CC2)n1. The van der Waals surface area contributed by atoms with E-state index in [1.54, 1.807) is 6.26 Å². The summed E-state index contributed by atoms with van der Waals surface area (Å²) in [6, 6.07) is 0.703. The first kappa shape index (κ1) is 9.52. The molecule has 1 fully saturated rings. The summed E-state index contributed by atoms with van der Waals surface area (Å²) in [4.78, 5) is 6.44. The van der Waals surface area contributed by atoms with Gasteiger partial charge in [-0.25, -0.2) is 0 Å². The number of aromatic nitrogens is 1. The van der Waals surface area contributed by atoms with Gasteiger partial charge in [-0.15, -0.1) is 0 Å².